The van der Waals surface area contributed by atoms with Gasteiger partial charge in [0.1, 0.15) is 4.32 Å². The van der Waals surface area contributed by atoms with E-state index in [0.717, 1.165) is 18.4 Å². The van der Waals surface area contributed by atoms with Crippen LogP contribution in [-0.4, -0.2) is 45.2 Å². The molecule has 0 aromatic heterocycles. The molecule has 0 aliphatic carbocycles. The molecule has 1 aliphatic heterocycles. The van der Waals surface area contributed by atoms with Crippen molar-refractivity contribution in [3.05, 3.63) is 53.0 Å². The maximum absolute atomic E-state index is 12.5. The first-order valence-corrected chi connectivity index (χ1v) is 10.7. The summed E-state index contributed by atoms with van der Waals surface area (Å²) in [4.78, 5) is 36.9. The van der Waals surface area contributed by atoms with Gasteiger partial charge in [0.25, 0.3) is 5.91 Å². The van der Waals surface area contributed by atoms with Crippen LogP contribution in [0.4, 0.5) is 0 Å². The molecule has 1 fully saturated rings. The third kappa shape index (κ3) is 8.21. The van der Waals surface area contributed by atoms with Crippen molar-refractivity contribution in [2.45, 2.75) is 32.1 Å². The van der Waals surface area contributed by atoms with Crippen LogP contribution in [0.2, 0.25) is 0 Å². The van der Waals surface area contributed by atoms with Crippen LogP contribution in [0.3, 0.4) is 0 Å². The van der Waals surface area contributed by atoms with Gasteiger partial charge >= 0.3 is 5.97 Å². The van der Waals surface area contributed by atoms with E-state index in [2.05, 4.69) is 5.32 Å². The van der Waals surface area contributed by atoms with Gasteiger partial charge in [-0.25, -0.2) is 0 Å². The van der Waals surface area contributed by atoms with E-state index in [-0.39, 0.29) is 31.2 Å². The molecule has 1 saturated heterocycles. The summed E-state index contributed by atoms with van der Waals surface area (Å²) in [5.74, 6) is -1.13. The lowest BCUT2D eigenvalue weighted by Gasteiger charge is -2.14. The first kappa shape index (κ1) is 22.8. The number of unbranched alkanes of at least 4 members (excludes halogenated alkanes) is 2. The van der Waals surface area contributed by atoms with Crippen molar-refractivity contribution in [1.82, 2.24) is 10.2 Å². The van der Waals surface area contributed by atoms with Gasteiger partial charge in [0.05, 0.1) is 4.91 Å². The number of carboxylic acids is 1. The molecule has 0 spiro atoms. The molecule has 0 bridgehead atoms. The average Bonchev–Trinajstić information content (AvgIpc) is 2.96. The quantitative estimate of drug-likeness (QED) is 0.316. The van der Waals surface area contributed by atoms with Crippen molar-refractivity contribution < 1.29 is 19.5 Å². The van der Waals surface area contributed by atoms with Crippen LogP contribution >= 0.6 is 24.0 Å². The fourth-order valence-corrected chi connectivity index (χ4v) is 3.89. The lowest BCUT2D eigenvalue weighted by molar-refractivity contribution is -0.137. The normalized spacial score (nSPS) is 15.4. The maximum atomic E-state index is 12.5. The lowest BCUT2D eigenvalue weighted by Crippen LogP contribution is -2.33. The molecule has 154 valence electrons. The van der Waals surface area contributed by atoms with Gasteiger partial charge in [-0.3, -0.25) is 19.3 Å². The number of allylic oxidation sites excluding steroid dienone is 2. The molecule has 1 aromatic carbocycles. The second kappa shape index (κ2) is 12.2. The molecule has 0 radical (unpaired) electrons. The zero-order chi connectivity index (χ0) is 21.1. The van der Waals surface area contributed by atoms with Crippen molar-refractivity contribution in [2.24, 2.45) is 0 Å². The molecule has 0 atom stereocenters. The number of nitrogens with zero attached hydrogens (tertiary/aromatic N) is 1. The van der Waals surface area contributed by atoms with Crippen molar-refractivity contribution in [1.29, 1.82) is 0 Å². The minimum atomic E-state index is -0.804. The van der Waals surface area contributed by atoms with Gasteiger partial charge in [-0.1, -0.05) is 72.9 Å². The summed E-state index contributed by atoms with van der Waals surface area (Å²) in [7, 11) is 0. The molecule has 1 aromatic rings. The second-order valence-electron chi connectivity index (χ2n) is 6.43. The summed E-state index contributed by atoms with van der Waals surface area (Å²) in [5, 5.41) is 11.4. The zero-order valence-corrected chi connectivity index (χ0v) is 17.6. The van der Waals surface area contributed by atoms with Crippen molar-refractivity contribution in [3.8, 4) is 0 Å². The summed E-state index contributed by atoms with van der Waals surface area (Å²) in [6, 6.07) is 9.78. The van der Waals surface area contributed by atoms with Crippen LogP contribution < -0.4 is 5.32 Å². The molecule has 1 heterocycles. The van der Waals surface area contributed by atoms with Gasteiger partial charge in [-0.15, -0.1) is 0 Å². The fourth-order valence-electron chi connectivity index (χ4n) is 2.63. The first-order valence-electron chi connectivity index (χ1n) is 9.43. The number of nitrogens with one attached hydrogen (secondary N) is 1. The number of benzene rings is 1. The SMILES string of the molecule is O=C(O)CCCCCNC(=O)CCN1C(=O)/C(=C\C=C\c2ccccc2)SC1=S. The molecule has 29 heavy (non-hydrogen) atoms. The number of carbonyl (C=O) groups is 3. The largest absolute Gasteiger partial charge is 0.481 e. The highest BCUT2D eigenvalue weighted by Gasteiger charge is 2.31. The van der Waals surface area contributed by atoms with Crippen molar-refractivity contribution >= 4 is 52.2 Å². The number of carboxylic acid groups (broad SMARTS) is 1. The van der Waals surface area contributed by atoms with Crippen molar-refractivity contribution in [3.63, 3.8) is 0 Å². The Hall–Kier alpha value is -2.45. The van der Waals surface area contributed by atoms with Crippen LogP contribution in [0.25, 0.3) is 6.08 Å². The fraction of sp³-hybridized carbons (Fsp3) is 0.333. The highest BCUT2D eigenvalue weighted by atomic mass is 32.2. The minimum absolute atomic E-state index is 0.148. The number of aliphatic carboxylic acids is 1. The van der Waals surface area contributed by atoms with Crippen LogP contribution in [0, 0.1) is 0 Å². The van der Waals surface area contributed by atoms with Crippen LogP contribution in [-0.2, 0) is 14.4 Å². The van der Waals surface area contributed by atoms with Gasteiger partial charge in [-0.05, 0) is 24.5 Å². The molecule has 2 rings (SSSR count). The van der Waals surface area contributed by atoms with Crippen LogP contribution in [0.15, 0.2) is 47.4 Å². The highest BCUT2D eigenvalue weighted by Crippen LogP contribution is 2.31. The van der Waals surface area contributed by atoms with E-state index in [1.54, 1.807) is 6.08 Å². The zero-order valence-electron chi connectivity index (χ0n) is 16.0. The Kier molecular flexibility index (Phi) is 9.59. The Balaban J connectivity index is 1.72. The Labute approximate surface area is 180 Å². The molecule has 8 heteroatoms. The van der Waals surface area contributed by atoms with E-state index in [1.165, 1.54) is 16.7 Å². The van der Waals surface area contributed by atoms with Gasteiger partial charge in [-0.2, -0.15) is 0 Å². The van der Waals surface area contributed by atoms with Gasteiger partial charge in [0.2, 0.25) is 5.91 Å². The Morgan fingerprint density at radius 3 is 2.62 bits per heavy atom. The topological polar surface area (TPSA) is 86.7 Å². The standard InChI is InChI=1S/C21H24N2O4S2/c24-18(22-14-6-2-5-12-19(25)26)13-15-23-20(27)17(29-21(23)28)11-7-10-16-8-3-1-4-9-16/h1,3-4,7-11H,2,5-6,12-15H2,(H,22,24)(H,25,26)/b10-7+,17-11+. The third-order valence-corrected chi connectivity index (χ3v) is 5.56. The summed E-state index contributed by atoms with van der Waals surface area (Å²) in [6.45, 7) is 0.746. The Morgan fingerprint density at radius 1 is 1.14 bits per heavy atom. The number of thioether (sulfide) groups is 1. The van der Waals surface area contributed by atoms with E-state index in [9.17, 15) is 14.4 Å². The van der Waals surface area contributed by atoms with Crippen LogP contribution in [0.5, 0.6) is 0 Å². The third-order valence-electron chi connectivity index (χ3n) is 4.16. The Morgan fingerprint density at radius 2 is 1.90 bits per heavy atom. The Bertz CT molecular complexity index is 806. The number of hydrogen-bond acceptors (Lipinski definition) is 5. The average molecular weight is 433 g/mol. The molecule has 0 unspecified atom stereocenters. The van der Waals surface area contributed by atoms with E-state index in [1.807, 2.05) is 42.5 Å². The van der Waals surface area contributed by atoms with E-state index in [0.29, 0.717) is 22.2 Å². The molecule has 2 amide bonds. The molecular formula is C21H24N2O4S2. The van der Waals surface area contributed by atoms with E-state index < -0.39 is 5.97 Å². The molecular weight excluding hydrogens is 408 g/mol. The highest BCUT2D eigenvalue weighted by molar-refractivity contribution is 8.26. The monoisotopic (exact) mass is 432 g/mol. The minimum Gasteiger partial charge on any atom is -0.481 e. The number of hydrogen-bond donors (Lipinski definition) is 2. The molecule has 6 nitrogen and oxygen atoms in total. The predicted molar refractivity (Wildman–Crippen MR) is 119 cm³/mol. The van der Waals surface area contributed by atoms with Crippen molar-refractivity contribution in [2.75, 3.05) is 13.1 Å². The second-order valence-corrected chi connectivity index (χ2v) is 8.11. The van der Waals surface area contributed by atoms with Crippen LogP contribution in [0.1, 0.15) is 37.7 Å². The first-order chi connectivity index (χ1) is 14.0. The molecule has 2 N–H and O–H groups in total. The van der Waals surface area contributed by atoms with Gasteiger partial charge < -0.3 is 10.4 Å². The molecule has 0 saturated carbocycles. The summed E-state index contributed by atoms with van der Waals surface area (Å²) in [6.07, 6.45) is 7.88. The summed E-state index contributed by atoms with van der Waals surface area (Å²) < 4.78 is 0.454. The predicted octanol–water partition coefficient (Wildman–Crippen LogP) is 3.60. The lowest BCUT2D eigenvalue weighted by atomic mass is 10.2. The van der Waals surface area contributed by atoms with Gasteiger partial charge in [0.15, 0.2) is 0 Å². The summed E-state index contributed by atoms with van der Waals surface area (Å²) >= 11 is 6.51. The molecule has 1 aliphatic rings. The van der Waals surface area contributed by atoms with Gasteiger partial charge in [0, 0.05) is 25.9 Å². The summed E-state index contributed by atoms with van der Waals surface area (Å²) in [5.41, 5.74) is 1.04. The van der Waals surface area contributed by atoms with E-state index in [4.69, 9.17) is 17.3 Å². The number of amides is 2. The number of thiocarbonyl (C=S) groups is 1. The maximum Gasteiger partial charge on any atom is 0.303 e. The number of rotatable bonds is 11. The number of carbonyl (C=O) groups excluding carboxylic acids is 2. The smallest absolute Gasteiger partial charge is 0.303 e. The van der Waals surface area contributed by atoms with E-state index >= 15 is 0 Å².